The van der Waals surface area contributed by atoms with Gasteiger partial charge in [0, 0.05) is 18.3 Å². The van der Waals surface area contributed by atoms with Crippen molar-refractivity contribution in [3.05, 3.63) is 42.1 Å². The fourth-order valence-electron chi connectivity index (χ4n) is 2.06. The molecule has 1 aromatic carbocycles. The first-order valence-corrected chi connectivity index (χ1v) is 7.29. The molecule has 2 rings (SSSR count). The molecule has 2 N–H and O–H groups in total. The lowest BCUT2D eigenvalue weighted by Crippen LogP contribution is -2.38. The second-order valence-corrected chi connectivity index (χ2v) is 5.16. The first-order chi connectivity index (χ1) is 10.6. The Balaban J connectivity index is 2.03. The molecule has 0 aliphatic rings. The Labute approximate surface area is 129 Å². The zero-order chi connectivity index (χ0) is 15.9. The van der Waals surface area contributed by atoms with Gasteiger partial charge in [-0.3, -0.25) is 10.1 Å². The van der Waals surface area contributed by atoms with Crippen LogP contribution >= 0.6 is 0 Å². The number of aryl methyl sites for hydroxylation is 1. The van der Waals surface area contributed by atoms with E-state index in [0.29, 0.717) is 24.5 Å². The minimum absolute atomic E-state index is 0.126. The zero-order valence-electron chi connectivity index (χ0n) is 12.8. The minimum atomic E-state index is -0.486. The molecule has 0 aliphatic heterocycles. The Bertz CT molecular complexity index is 598. The van der Waals surface area contributed by atoms with Gasteiger partial charge >= 0.3 is 0 Å². The molecule has 0 spiro atoms. The van der Waals surface area contributed by atoms with Crippen LogP contribution in [0, 0.1) is 6.92 Å². The second kappa shape index (κ2) is 7.61. The molecule has 0 bridgehead atoms. The third-order valence-corrected chi connectivity index (χ3v) is 3.25. The van der Waals surface area contributed by atoms with Gasteiger partial charge in [0.25, 0.3) is 0 Å². The molecule has 0 saturated carbocycles. The summed E-state index contributed by atoms with van der Waals surface area (Å²) in [7, 11) is 0. The van der Waals surface area contributed by atoms with Crippen LogP contribution in [-0.4, -0.2) is 35.4 Å². The van der Waals surface area contributed by atoms with E-state index in [-0.39, 0.29) is 12.5 Å². The number of carbonyl (C=O) groups is 1. The number of amides is 1. The van der Waals surface area contributed by atoms with Gasteiger partial charge in [-0.2, -0.15) is 0 Å². The van der Waals surface area contributed by atoms with Gasteiger partial charge < -0.3 is 14.5 Å². The average Bonchev–Trinajstić information content (AvgIpc) is 2.92. The Morgan fingerprint density at radius 2 is 2.14 bits per heavy atom. The lowest BCUT2D eigenvalue weighted by molar-refractivity contribution is -0.115. The lowest BCUT2D eigenvalue weighted by Gasteiger charge is -2.26. The number of anilines is 2. The number of aliphatic hydroxyl groups excluding tert-OH is 1. The van der Waals surface area contributed by atoms with E-state index in [1.54, 1.807) is 13.0 Å². The van der Waals surface area contributed by atoms with Gasteiger partial charge in [-0.25, -0.2) is 0 Å². The summed E-state index contributed by atoms with van der Waals surface area (Å²) in [5.41, 5.74) is 1.59. The Morgan fingerprint density at radius 1 is 1.41 bits per heavy atom. The molecule has 0 unspecified atom stereocenters. The van der Waals surface area contributed by atoms with E-state index >= 15 is 0 Å². The van der Waals surface area contributed by atoms with Crippen LogP contribution in [0.25, 0.3) is 0 Å². The number of nitrogens with zero attached hydrogens (tertiary/aromatic N) is 2. The van der Waals surface area contributed by atoms with Crippen molar-refractivity contribution in [1.29, 1.82) is 0 Å². The van der Waals surface area contributed by atoms with Crippen LogP contribution in [0.2, 0.25) is 0 Å². The molecule has 6 nitrogen and oxygen atoms in total. The second-order valence-electron chi connectivity index (χ2n) is 5.16. The van der Waals surface area contributed by atoms with Crippen LogP contribution in [0.1, 0.15) is 19.0 Å². The fourth-order valence-corrected chi connectivity index (χ4v) is 2.06. The first-order valence-electron chi connectivity index (χ1n) is 7.29. The molecule has 1 aromatic heterocycles. The number of nitrogens with one attached hydrogen (secondary N) is 1. The van der Waals surface area contributed by atoms with Crippen molar-refractivity contribution in [3.63, 3.8) is 0 Å². The molecule has 1 atom stereocenters. The van der Waals surface area contributed by atoms with Crippen LogP contribution < -0.4 is 10.2 Å². The summed E-state index contributed by atoms with van der Waals surface area (Å²) in [6, 6.07) is 11.2. The number of hydrogen-bond acceptors (Lipinski definition) is 5. The van der Waals surface area contributed by atoms with Crippen LogP contribution in [0.3, 0.4) is 0 Å². The highest BCUT2D eigenvalue weighted by Gasteiger charge is 2.16. The average molecular weight is 303 g/mol. The quantitative estimate of drug-likeness (QED) is 0.820. The maximum atomic E-state index is 12.2. The van der Waals surface area contributed by atoms with E-state index < -0.39 is 6.10 Å². The number of aromatic nitrogens is 1. The Morgan fingerprint density at radius 3 is 2.73 bits per heavy atom. The molecule has 0 aliphatic carbocycles. The normalized spacial score (nSPS) is 12.0. The Kier molecular flexibility index (Phi) is 5.55. The molecule has 0 radical (unpaired) electrons. The van der Waals surface area contributed by atoms with Gasteiger partial charge in [0.05, 0.1) is 18.3 Å². The monoisotopic (exact) mass is 303 g/mol. The molecule has 1 heterocycles. The van der Waals surface area contributed by atoms with E-state index in [1.807, 2.05) is 42.2 Å². The molecule has 22 heavy (non-hydrogen) atoms. The summed E-state index contributed by atoms with van der Waals surface area (Å²) in [6.45, 7) is 4.21. The molecular formula is C16H21N3O3. The fraction of sp³-hybridized carbons (Fsp3) is 0.375. The predicted octanol–water partition coefficient (Wildman–Crippen LogP) is 2.20. The largest absolute Gasteiger partial charge is 0.391 e. The number of hydrogen-bond donors (Lipinski definition) is 2. The smallest absolute Gasteiger partial charge is 0.246 e. The van der Waals surface area contributed by atoms with Crippen molar-refractivity contribution in [1.82, 2.24) is 5.16 Å². The van der Waals surface area contributed by atoms with Crippen molar-refractivity contribution in [3.8, 4) is 0 Å². The van der Waals surface area contributed by atoms with Gasteiger partial charge in [0.15, 0.2) is 0 Å². The summed E-state index contributed by atoms with van der Waals surface area (Å²) < 4.78 is 4.97. The van der Waals surface area contributed by atoms with Gasteiger partial charge in [-0.15, -0.1) is 0 Å². The number of benzene rings is 1. The highest BCUT2D eigenvalue weighted by molar-refractivity contribution is 5.92. The number of para-hydroxylation sites is 1. The maximum Gasteiger partial charge on any atom is 0.246 e. The molecule has 6 heteroatoms. The summed E-state index contributed by atoms with van der Waals surface area (Å²) >= 11 is 0. The molecule has 118 valence electrons. The number of carbonyl (C=O) groups excluding carboxylic acids is 1. The highest BCUT2D eigenvalue weighted by atomic mass is 16.5. The van der Waals surface area contributed by atoms with Crippen LogP contribution in [0.15, 0.2) is 40.9 Å². The third-order valence-electron chi connectivity index (χ3n) is 3.25. The van der Waals surface area contributed by atoms with E-state index in [4.69, 9.17) is 4.52 Å². The molecule has 1 amide bonds. The molecule has 0 fully saturated rings. The molecule has 0 saturated heterocycles. The first kappa shape index (κ1) is 16.0. The van der Waals surface area contributed by atoms with Gasteiger partial charge in [-0.05, 0) is 25.5 Å². The Hall–Kier alpha value is -2.34. The summed E-state index contributed by atoms with van der Waals surface area (Å²) in [6.07, 6.45) is 0.146. The predicted molar refractivity (Wildman–Crippen MR) is 84.8 cm³/mol. The van der Waals surface area contributed by atoms with E-state index in [1.165, 1.54) is 0 Å². The molecule has 2 aromatic rings. The third kappa shape index (κ3) is 4.60. The summed E-state index contributed by atoms with van der Waals surface area (Å²) in [4.78, 5) is 14.0. The SMILES string of the molecule is CC[C@H](O)CN(CC(=O)Nc1cc(C)no1)c1ccccc1. The zero-order valence-corrected chi connectivity index (χ0v) is 12.8. The van der Waals surface area contributed by atoms with Gasteiger partial charge in [0.2, 0.25) is 11.8 Å². The standard InChI is InChI=1S/C16H21N3O3/c1-3-14(20)10-19(13-7-5-4-6-8-13)11-15(21)17-16-9-12(2)18-22-16/h4-9,14,20H,3,10-11H2,1-2H3,(H,17,21)/t14-/m0/s1. The molecular weight excluding hydrogens is 282 g/mol. The van der Waals surface area contributed by atoms with Crippen molar-refractivity contribution >= 4 is 17.5 Å². The topological polar surface area (TPSA) is 78.6 Å². The van der Waals surface area contributed by atoms with E-state index in [0.717, 1.165) is 5.69 Å². The van der Waals surface area contributed by atoms with E-state index in [2.05, 4.69) is 10.5 Å². The number of rotatable bonds is 7. The van der Waals surface area contributed by atoms with Crippen molar-refractivity contribution in [2.45, 2.75) is 26.4 Å². The lowest BCUT2D eigenvalue weighted by atomic mass is 10.2. The summed E-state index contributed by atoms with van der Waals surface area (Å²) in [5, 5.41) is 16.3. The van der Waals surface area contributed by atoms with Crippen molar-refractivity contribution in [2.75, 3.05) is 23.3 Å². The van der Waals surface area contributed by atoms with E-state index in [9.17, 15) is 9.90 Å². The minimum Gasteiger partial charge on any atom is -0.391 e. The van der Waals surface area contributed by atoms with Crippen molar-refractivity contribution in [2.24, 2.45) is 0 Å². The maximum absolute atomic E-state index is 12.2. The van der Waals surface area contributed by atoms with Crippen LogP contribution in [-0.2, 0) is 4.79 Å². The van der Waals surface area contributed by atoms with Crippen molar-refractivity contribution < 1.29 is 14.4 Å². The van der Waals surface area contributed by atoms with Gasteiger partial charge in [0.1, 0.15) is 0 Å². The highest BCUT2D eigenvalue weighted by Crippen LogP contribution is 2.15. The van der Waals surface area contributed by atoms with Crippen LogP contribution in [0.5, 0.6) is 0 Å². The van der Waals surface area contributed by atoms with Gasteiger partial charge in [-0.1, -0.05) is 30.3 Å². The van der Waals surface area contributed by atoms with Crippen LogP contribution in [0.4, 0.5) is 11.6 Å². The summed E-state index contributed by atoms with van der Waals surface area (Å²) in [5.74, 6) is 0.106. The number of aliphatic hydroxyl groups is 1.